The first-order valence-corrected chi connectivity index (χ1v) is 4.23. The summed E-state index contributed by atoms with van der Waals surface area (Å²) in [7, 11) is 0. The number of aliphatic hydroxyl groups is 2. The third-order valence-electron chi connectivity index (χ3n) is 2.45. The van der Waals surface area contributed by atoms with Crippen LogP contribution in [0.25, 0.3) is 0 Å². The van der Waals surface area contributed by atoms with E-state index in [2.05, 4.69) is 0 Å². The molecule has 0 aromatic heterocycles. The van der Waals surface area contributed by atoms with E-state index >= 15 is 0 Å². The Bertz CT molecular complexity index is 283. The van der Waals surface area contributed by atoms with E-state index in [9.17, 15) is 10.2 Å². The molecule has 0 heterocycles. The van der Waals surface area contributed by atoms with Crippen molar-refractivity contribution in [3.63, 3.8) is 0 Å². The van der Waals surface area contributed by atoms with Gasteiger partial charge in [0.1, 0.15) is 6.10 Å². The van der Waals surface area contributed by atoms with Gasteiger partial charge >= 0.3 is 0 Å². The number of hydrogen-bond acceptors (Lipinski definition) is 2. The predicted molar refractivity (Wildman–Crippen MR) is 45.7 cm³/mol. The molecule has 1 unspecified atom stereocenters. The topological polar surface area (TPSA) is 40.5 Å². The van der Waals surface area contributed by atoms with Crippen LogP contribution >= 0.6 is 0 Å². The molecule has 0 aliphatic heterocycles. The molecule has 0 fully saturated rings. The van der Waals surface area contributed by atoms with Crippen molar-refractivity contribution in [1.82, 2.24) is 0 Å². The van der Waals surface area contributed by atoms with Gasteiger partial charge in [-0.15, -0.1) is 0 Å². The SMILES string of the molecule is OC1CCc2ccccc2[C@H]1O. The van der Waals surface area contributed by atoms with E-state index in [1.807, 2.05) is 24.3 Å². The third kappa shape index (κ3) is 1.13. The highest BCUT2D eigenvalue weighted by Crippen LogP contribution is 2.29. The standard InChI is InChI=1S/C10H12O2/c11-9-6-5-7-3-1-2-4-8(7)10(9)12/h1-4,9-12H,5-6H2/t9?,10-/m1/s1. The highest BCUT2D eigenvalue weighted by Gasteiger charge is 2.25. The number of aryl methyl sites for hydroxylation is 1. The molecule has 0 saturated carbocycles. The highest BCUT2D eigenvalue weighted by atomic mass is 16.3. The van der Waals surface area contributed by atoms with Crippen molar-refractivity contribution in [3.8, 4) is 0 Å². The van der Waals surface area contributed by atoms with E-state index in [4.69, 9.17) is 0 Å². The largest absolute Gasteiger partial charge is 0.390 e. The number of hydrogen-bond donors (Lipinski definition) is 2. The van der Waals surface area contributed by atoms with Crippen LogP contribution in [0.15, 0.2) is 24.3 Å². The molecule has 0 bridgehead atoms. The monoisotopic (exact) mass is 164 g/mol. The van der Waals surface area contributed by atoms with Gasteiger partial charge in [0.25, 0.3) is 0 Å². The number of aliphatic hydroxyl groups excluding tert-OH is 2. The second-order valence-corrected chi connectivity index (χ2v) is 3.25. The van der Waals surface area contributed by atoms with Crippen LogP contribution in [-0.4, -0.2) is 16.3 Å². The third-order valence-corrected chi connectivity index (χ3v) is 2.45. The fourth-order valence-corrected chi connectivity index (χ4v) is 1.72. The lowest BCUT2D eigenvalue weighted by molar-refractivity contribution is 0.00650. The first-order chi connectivity index (χ1) is 5.79. The molecule has 0 saturated heterocycles. The lowest BCUT2D eigenvalue weighted by Crippen LogP contribution is -2.24. The van der Waals surface area contributed by atoms with Crippen LogP contribution in [0.2, 0.25) is 0 Å². The summed E-state index contributed by atoms with van der Waals surface area (Å²) >= 11 is 0. The van der Waals surface area contributed by atoms with Crippen LogP contribution in [0.4, 0.5) is 0 Å². The van der Waals surface area contributed by atoms with Gasteiger partial charge in [0.05, 0.1) is 6.10 Å². The van der Waals surface area contributed by atoms with Gasteiger partial charge in [-0.3, -0.25) is 0 Å². The van der Waals surface area contributed by atoms with Crippen molar-refractivity contribution in [2.75, 3.05) is 0 Å². The van der Waals surface area contributed by atoms with E-state index in [0.717, 1.165) is 17.5 Å². The summed E-state index contributed by atoms with van der Waals surface area (Å²) in [5.74, 6) is 0. The highest BCUT2D eigenvalue weighted by molar-refractivity contribution is 5.31. The van der Waals surface area contributed by atoms with Gasteiger partial charge in [-0.05, 0) is 24.0 Å². The number of fused-ring (bicyclic) bond motifs is 1. The van der Waals surface area contributed by atoms with Crippen LogP contribution in [0, 0.1) is 0 Å². The van der Waals surface area contributed by atoms with Crippen molar-refractivity contribution in [2.24, 2.45) is 0 Å². The summed E-state index contributed by atoms with van der Waals surface area (Å²) in [6.45, 7) is 0. The maximum Gasteiger partial charge on any atom is 0.105 e. The summed E-state index contributed by atoms with van der Waals surface area (Å²) in [6.07, 6.45) is 0.266. The van der Waals surface area contributed by atoms with Gasteiger partial charge in [-0.25, -0.2) is 0 Å². The Morgan fingerprint density at radius 1 is 1.17 bits per heavy atom. The normalized spacial score (nSPS) is 28.2. The van der Waals surface area contributed by atoms with Crippen molar-refractivity contribution < 1.29 is 10.2 Å². The van der Waals surface area contributed by atoms with E-state index in [-0.39, 0.29) is 0 Å². The molecule has 0 amide bonds. The molecule has 2 heteroatoms. The molecule has 12 heavy (non-hydrogen) atoms. The number of benzene rings is 1. The van der Waals surface area contributed by atoms with Crippen molar-refractivity contribution in [2.45, 2.75) is 25.0 Å². The quantitative estimate of drug-likeness (QED) is 0.601. The molecular formula is C10H12O2. The van der Waals surface area contributed by atoms with E-state index in [1.165, 1.54) is 0 Å². The molecule has 1 aliphatic carbocycles. The van der Waals surface area contributed by atoms with Gasteiger partial charge < -0.3 is 10.2 Å². The number of rotatable bonds is 0. The second kappa shape index (κ2) is 2.88. The van der Waals surface area contributed by atoms with Crippen molar-refractivity contribution >= 4 is 0 Å². The van der Waals surface area contributed by atoms with Crippen LogP contribution in [-0.2, 0) is 6.42 Å². The average Bonchev–Trinajstić information content (AvgIpc) is 2.12. The summed E-state index contributed by atoms with van der Waals surface area (Å²) < 4.78 is 0. The maximum atomic E-state index is 9.58. The molecule has 0 spiro atoms. The van der Waals surface area contributed by atoms with E-state index in [0.29, 0.717) is 6.42 Å². The Balaban J connectivity index is 2.42. The average molecular weight is 164 g/mol. The first-order valence-electron chi connectivity index (χ1n) is 4.23. The summed E-state index contributed by atoms with van der Waals surface area (Å²) in [5, 5.41) is 19.0. The second-order valence-electron chi connectivity index (χ2n) is 3.25. The minimum atomic E-state index is -0.685. The zero-order valence-corrected chi connectivity index (χ0v) is 6.77. The van der Waals surface area contributed by atoms with Gasteiger partial charge in [0, 0.05) is 0 Å². The maximum absolute atomic E-state index is 9.58. The Morgan fingerprint density at radius 2 is 1.92 bits per heavy atom. The molecule has 2 N–H and O–H groups in total. The molecular weight excluding hydrogens is 152 g/mol. The van der Waals surface area contributed by atoms with Crippen LogP contribution in [0.3, 0.4) is 0 Å². The Kier molecular flexibility index (Phi) is 1.87. The summed E-state index contributed by atoms with van der Waals surface area (Å²) in [4.78, 5) is 0. The summed E-state index contributed by atoms with van der Waals surface area (Å²) in [5.41, 5.74) is 2.05. The van der Waals surface area contributed by atoms with Crippen molar-refractivity contribution in [3.05, 3.63) is 35.4 Å². The fraction of sp³-hybridized carbons (Fsp3) is 0.400. The Hall–Kier alpha value is -0.860. The van der Waals surface area contributed by atoms with Gasteiger partial charge in [-0.1, -0.05) is 24.3 Å². The lowest BCUT2D eigenvalue weighted by Gasteiger charge is -2.25. The zero-order chi connectivity index (χ0) is 8.55. The molecule has 0 radical (unpaired) electrons. The molecule has 2 nitrogen and oxygen atoms in total. The molecule has 1 aromatic carbocycles. The van der Waals surface area contributed by atoms with E-state index < -0.39 is 12.2 Å². The van der Waals surface area contributed by atoms with Gasteiger partial charge in [0.15, 0.2) is 0 Å². The van der Waals surface area contributed by atoms with Gasteiger partial charge in [-0.2, -0.15) is 0 Å². The molecule has 2 atom stereocenters. The lowest BCUT2D eigenvalue weighted by atomic mass is 9.88. The minimum absolute atomic E-state index is 0.583. The molecule has 1 aromatic rings. The Labute approximate surface area is 71.5 Å². The van der Waals surface area contributed by atoms with Crippen LogP contribution in [0.1, 0.15) is 23.7 Å². The Morgan fingerprint density at radius 3 is 2.75 bits per heavy atom. The molecule has 2 rings (SSSR count). The predicted octanol–water partition coefficient (Wildman–Crippen LogP) is 1.03. The van der Waals surface area contributed by atoms with Gasteiger partial charge in [0.2, 0.25) is 0 Å². The van der Waals surface area contributed by atoms with Crippen LogP contribution < -0.4 is 0 Å². The van der Waals surface area contributed by atoms with Crippen LogP contribution in [0.5, 0.6) is 0 Å². The molecule has 64 valence electrons. The summed E-state index contributed by atoms with van der Waals surface area (Å²) in [6, 6.07) is 7.73. The fourth-order valence-electron chi connectivity index (χ4n) is 1.72. The minimum Gasteiger partial charge on any atom is -0.390 e. The van der Waals surface area contributed by atoms with E-state index in [1.54, 1.807) is 0 Å². The smallest absolute Gasteiger partial charge is 0.105 e. The zero-order valence-electron chi connectivity index (χ0n) is 6.77. The first kappa shape index (κ1) is 7.77. The van der Waals surface area contributed by atoms with Crippen molar-refractivity contribution in [1.29, 1.82) is 0 Å². The molecule has 1 aliphatic rings.